The molecule has 5 atom stereocenters. The lowest BCUT2D eigenvalue weighted by molar-refractivity contribution is -0.337. The summed E-state index contributed by atoms with van der Waals surface area (Å²) in [6.07, 6.45) is -1.89. The van der Waals surface area contributed by atoms with Crippen LogP contribution < -0.4 is 0 Å². The number of carbonyl (C=O) groups excluding carboxylic acids is 3. The van der Waals surface area contributed by atoms with Gasteiger partial charge in [0.05, 0.1) is 0 Å². The number of fused-ring (bicyclic) bond motifs is 1. The highest BCUT2D eigenvalue weighted by Crippen LogP contribution is 2.65. The molecule has 0 aromatic carbocycles. The molecule has 2 aliphatic heterocycles. The molecule has 2 heterocycles. The van der Waals surface area contributed by atoms with Crippen molar-refractivity contribution in [2.75, 3.05) is 0 Å². The summed E-state index contributed by atoms with van der Waals surface area (Å²) in [5, 5.41) is -5.09. The van der Waals surface area contributed by atoms with Crippen LogP contribution in [0, 0.1) is 17.8 Å². The van der Waals surface area contributed by atoms with Crippen molar-refractivity contribution in [3.8, 4) is 0 Å². The van der Waals surface area contributed by atoms with Gasteiger partial charge in [-0.15, -0.1) is 0 Å². The van der Waals surface area contributed by atoms with Crippen molar-refractivity contribution in [1.29, 1.82) is 0 Å². The highest BCUT2D eigenvalue weighted by atomic mass is 32.2. The fourth-order valence-electron chi connectivity index (χ4n) is 6.18. The van der Waals surface area contributed by atoms with Crippen LogP contribution in [0.3, 0.4) is 0 Å². The smallest absolute Gasteiger partial charge is 0.454 e. The van der Waals surface area contributed by atoms with Crippen molar-refractivity contribution in [2.45, 2.75) is 74.2 Å². The average Bonchev–Trinajstić information content (AvgIpc) is 3.14. The molecule has 2 saturated heterocycles. The third kappa shape index (κ3) is 2.99. The Morgan fingerprint density at radius 3 is 2.34 bits per heavy atom. The molecule has 0 aromatic heterocycles. The van der Waals surface area contributed by atoms with Crippen LogP contribution in [-0.4, -0.2) is 66.0 Å². The standard InChI is InChI=1S/C18H20F2O11S/c1-7(21)27-11-12-14(28-13(11)22)30-17(29-12)9-2-8-3-10(17)6-16(4-8,5-9)31-15(23)18(19,20)32(24,25)26/h8-12,14H,2-6H2,1H3,(H,24,25,26). The third-order valence-electron chi connectivity index (χ3n) is 7.09. The third-order valence-corrected chi connectivity index (χ3v) is 7.90. The van der Waals surface area contributed by atoms with Crippen LogP contribution in [0.5, 0.6) is 0 Å². The molecule has 1 spiro atoms. The van der Waals surface area contributed by atoms with Crippen LogP contribution in [0.25, 0.3) is 0 Å². The van der Waals surface area contributed by atoms with E-state index in [4.69, 9.17) is 28.2 Å². The van der Waals surface area contributed by atoms with Crippen LogP contribution in [0.4, 0.5) is 8.78 Å². The number of esters is 3. The Kier molecular flexibility index (Phi) is 4.51. The van der Waals surface area contributed by atoms with Gasteiger partial charge in [-0.25, -0.2) is 9.59 Å². The van der Waals surface area contributed by atoms with Crippen LogP contribution in [0.2, 0.25) is 0 Å². The van der Waals surface area contributed by atoms with E-state index in [0.29, 0.717) is 12.8 Å². The maximum atomic E-state index is 13.8. The number of hydrogen-bond donors (Lipinski definition) is 1. The maximum absolute atomic E-state index is 13.8. The van der Waals surface area contributed by atoms with Gasteiger partial charge in [0.1, 0.15) is 5.60 Å². The molecule has 14 heteroatoms. The molecule has 4 bridgehead atoms. The predicted molar refractivity (Wildman–Crippen MR) is 93.0 cm³/mol. The molecule has 4 saturated carbocycles. The van der Waals surface area contributed by atoms with Crippen molar-refractivity contribution >= 4 is 28.0 Å². The summed E-state index contributed by atoms with van der Waals surface area (Å²) in [5.41, 5.74) is -1.36. The van der Waals surface area contributed by atoms with E-state index in [2.05, 4.69) is 0 Å². The Balaban J connectivity index is 1.38. The zero-order valence-electron chi connectivity index (χ0n) is 16.7. The molecule has 178 valence electrons. The van der Waals surface area contributed by atoms with Crippen molar-refractivity contribution in [2.24, 2.45) is 17.8 Å². The number of alkyl halides is 2. The topological polar surface area (TPSA) is 152 Å². The first-order chi connectivity index (χ1) is 14.8. The van der Waals surface area contributed by atoms with Crippen molar-refractivity contribution < 1.29 is 59.8 Å². The van der Waals surface area contributed by atoms with E-state index in [1.54, 1.807) is 0 Å². The second-order valence-electron chi connectivity index (χ2n) is 9.17. The van der Waals surface area contributed by atoms with Crippen molar-refractivity contribution in [3.05, 3.63) is 0 Å². The molecule has 4 aliphatic carbocycles. The highest BCUT2D eigenvalue weighted by Gasteiger charge is 2.72. The first-order valence-electron chi connectivity index (χ1n) is 10.1. The van der Waals surface area contributed by atoms with E-state index in [0.717, 1.165) is 6.92 Å². The summed E-state index contributed by atoms with van der Waals surface area (Å²) in [7, 11) is -5.99. The molecule has 1 N–H and O–H groups in total. The van der Waals surface area contributed by atoms with Gasteiger partial charge in [-0.1, -0.05) is 0 Å². The minimum absolute atomic E-state index is 0.00950. The monoisotopic (exact) mass is 482 g/mol. The minimum Gasteiger partial charge on any atom is -0.454 e. The number of ether oxygens (including phenoxy) is 5. The summed E-state index contributed by atoms with van der Waals surface area (Å²) < 4.78 is 85.5. The summed E-state index contributed by atoms with van der Waals surface area (Å²) >= 11 is 0. The van der Waals surface area contributed by atoms with E-state index in [1.165, 1.54) is 0 Å². The molecule has 6 aliphatic rings. The van der Waals surface area contributed by atoms with Gasteiger partial charge in [0.15, 0.2) is 11.9 Å². The van der Waals surface area contributed by atoms with Gasteiger partial charge in [-0.2, -0.15) is 17.2 Å². The maximum Gasteiger partial charge on any atom is 0.465 e. The normalized spacial score (nSPS) is 44.4. The molecule has 0 aromatic rings. The zero-order chi connectivity index (χ0) is 23.3. The minimum atomic E-state index is -5.99. The first kappa shape index (κ1) is 21.9. The average molecular weight is 482 g/mol. The molecular weight excluding hydrogens is 462 g/mol. The largest absolute Gasteiger partial charge is 0.465 e. The molecule has 5 unspecified atom stereocenters. The highest BCUT2D eigenvalue weighted by molar-refractivity contribution is 7.87. The number of halogens is 2. The van der Waals surface area contributed by atoms with Gasteiger partial charge in [0, 0.05) is 18.8 Å². The van der Waals surface area contributed by atoms with Gasteiger partial charge in [0.2, 0.25) is 12.4 Å². The first-order valence-corrected chi connectivity index (χ1v) is 11.5. The second kappa shape index (κ2) is 6.58. The number of carbonyl (C=O) groups is 3. The lowest BCUT2D eigenvalue weighted by Crippen LogP contribution is -2.66. The fraction of sp³-hybridized carbons (Fsp3) is 0.833. The molecule has 11 nitrogen and oxygen atoms in total. The summed E-state index contributed by atoms with van der Waals surface area (Å²) in [6.45, 7) is 1.13. The van der Waals surface area contributed by atoms with Crippen LogP contribution >= 0.6 is 0 Å². The Bertz CT molecular complexity index is 979. The van der Waals surface area contributed by atoms with E-state index in [-0.39, 0.29) is 25.2 Å². The lowest BCUT2D eigenvalue weighted by atomic mass is 9.51. The van der Waals surface area contributed by atoms with Crippen molar-refractivity contribution in [3.63, 3.8) is 0 Å². The molecule has 32 heavy (non-hydrogen) atoms. The van der Waals surface area contributed by atoms with E-state index in [1.807, 2.05) is 0 Å². The van der Waals surface area contributed by atoms with Gasteiger partial charge in [-0.3, -0.25) is 9.35 Å². The van der Waals surface area contributed by atoms with Gasteiger partial charge < -0.3 is 23.7 Å². The number of hydrogen-bond acceptors (Lipinski definition) is 10. The zero-order valence-corrected chi connectivity index (χ0v) is 17.5. The summed E-state index contributed by atoms with van der Waals surface area (Å²) in [6, 6.07) is 0. The SMILES string of the molecule is CC(=O)OC1C(=O)OC2OC3(OC21)C1CC2CC3CC(OC(=O)C(F)(F)S(=O)(=O)O)(C2)C1. The molecule has 6 fully saturated rings. The summed E-state index contributed by atoms with van der Waals surface area (Å²) in [4.78, 5) is 35.3. The second-order valence-corrected chi connectivity index (χ2v) is 10.6. The lowest BCUT2D eigenvalue weighted by Gasteiger charge is -2.62. The van der Waals surface area contributed by atoms with Crippen LogP contribution in [0.1, 0.15) is 39.0 Å². The Hall–Kier alpha value is -1.90. The Morgan fingerprint density at radius 1 is 1.16 bits per heavy atom. The van der Waals surface area contributed by atoms with E-state index < -0.39 is 75.0 Å². The van der Waals surface area contributed by atoms with E-state index >= 15 is 0 Å². The molecular formula is C18H20F2O11S. The summed E-state index contributed by atoms with van der Waals surface area (Å²) in [5.74, 6) is -5.94. The van der Waals surface area contributed by atoms with Crippen LogP contribution in [-0.2, 0) is 48.2 Å². The molecule has 0 amide bonds. The predicted octanol–water partition coefficient (Wildman–Crippen LogP) is 0.515. The van der Waals surface area contributed by atoms with Gasteiger partial charge in [-0.05, 0) is 38.0 Å². The molecule has 6 rings (SSSR count). The van der Waals surface area contributed by atoms with E-state index in [9.17, 15) is 31.6 Å². The van der Waals surface area contributed by atoms with Crippen molar-refractivity contribution in [1.82, 2.24) is 0 Å². The van der Waals surface area contributed by atoms with Crippen LogP contribution in [0.15, 0.2) is 0 Å². The van der Waals surface area contributed by atoms with Gasteiger partial charge in [0.25, 0.3) is 0 Å². The number of rotatable bonds is 4. The Labute approximate surface area is 180 Å². The van der Waals surface area contributed by atoms with Gasteiger partial charge >= 0.3 is 33.3 Å². The molecule has 0 radical (unpaired) electrons. The fourth-order valence-corrected chi connectivity index (χ4v) is 6.43. The quantitative estimate of drug-likeness (QED) is 0.339. The Morgan fingerprint density at radius 2 is 1.78 bits per heavy atom.